The summed E-state index contributed by atoms with van der Waals surface area (Å²) in [6.07, 6.45) is 4.55. The Morgan fingerprint density at radius 1 is 1.47 bits per heavy atom. The molecule has 0 aliphatic carbocycles. The van der Waals surface area contributed by atoms with Gasteiger partial charge >= 0.3 is 0 Å². The minimum atomic E-state index is 0.684. The lowest BCUT2D eigenvalue weighted by molar-refractivity contribution is 0.606. The zero-order valence-electron chi connectivity index (χ0n) is 9.81. The van der Waals surface area contributed by atoms with Crippen molar-refractivity contribution in [1.29, 1.82) is 0 Å². The van der Waals surface area contributed by atoms with E-state index < -0.39 is 0 Å². The molecule has 0 aliphatic heterocycles. The molecule has 17 heavy (non-hydrogen) atoms. The molecular weight excluding hydrogens is 282 g/mol. The average molecular weight is 296 g/mol. The van der Waals surface area contributed by atoms with Crippen LogP contribution in [-0.4, -0.2) is 26.8 Å². The van der Waals surface area contributed by atoms with Gasteiger partial charge in [0, 0.05) is 26.0 Å². The highest BCUT2D eigenvalue weighted by molar-refractivity contribution is 9.10. The maximum absolute atomic E-state index is 4.45. The van der Waals surface area contributed by atoms with Crippen LogP contribution in [0.2, 0.25) is 0 Å². The van der Waals surface area contributed by atoms with Crippen LogP contribution in [0.4, 0.5) is 5.82 Å². The molecule has 0 fully saturated rings. The van der Waals surface area contributed by atoms with Crippen molar-refractivity contribution in [3.8, 4) is 11.5 Å². The second kappa shape index (κ2) is 5.27. The normalized spacial score (nSPS) is 10.5. The van der Waals surface area contributed by atoms with Crippen molar-refractivity contribution < 1.29 is 0 Å². The van der Waals surface area contributed by atoms with E-state index in [4.69, 9.17) is 0 Å². The first-order chi connectivity index (χ1) is 8.26. The molecule has 2 aromatic heterocycles. The lowest BCUT2D eigenvalue weighted by Gasteiger charge is -2.07. The van der Waals surface area contributed by atoms with Crippen LogP contribution in [0.5, 0.6) is 0 Å². The Bertz CT molecular complexity index is 508. The number of aromatic nitrogens is 4. The van der Waals surface area contributed by atoms with Crippen molar-refractivity contribution in [2.45, 2.75) is 19.9 Å². The first-order valence-corrected chi connectivity index (χ1v) is 6.28. The van der Waals surface area contributed by atoms with E-state index in [0.717, 1.165) is 29.0 Å². The van der Waals surface area contributed by atoms with Gasteiger partial charge in [-0.1, -0.05) is 6.92 Å². The van der Waals surface area contributed by atoms with Gasteiger partial charge in [0.05, 0.1) is 4.47 Å². The van der Waals surface area contributed by atoms with Crippen molar-refractivity contribution >= 4 is 21.7 Å². The van der Waals surface area contributed by atoms with E-state index in [1.807, 2.05) is 17.8 Å². The van der Waals surface area contributed by atoms with Crippen LogP contribution >= 0.6 is 15.9 Å². The molecular formula is C11H14BrN5. The molecule has 0 saturated carbocycles. The highest BCUT2D eigenvalue weighted by atomic mass is 79.9. The summed E-state index contributed by atoms with van der Waals surface area (Å²) in [7, 11) is 1.83. The van der Waals surface area contributed by atoms with Gasteiger partial charge in [0.25, 0.3) is 0 Å². The summed E-state index contributed by atoms with van der Waals surface area (Å²) >= 11 is 3.39. The van der Waals surface area contributed by atoms with Gasteiger partial charge in [-0.3, -0.25) is 4.68 Å². The van der Waals surface area contributed by atoms with Gasteiger partial charge in [-0.15, -0.1) is 0 Å². The molecule has 2 heterocycles. The molecule has 0 amide bonds. The highest BCUT2D eigenvalue weighted by Gasteiger charge is 2.10. The molecule has 0 unspecified atom stereocenters. The second-order valence-electron chi connectivity index (χ2n) is 3.58. The van der Waals surface area contributed by atoms with Crippen molar-refractivity contribution in [2.24, 2.45) is 0 Å². The van der Waals surface area contributed by atoms with E-state index in [0.29, 0.717) is 5.82 Å². The van der Waals surface area contributed by atoms with Gasteiger partial charge in [-0.25, -0.2) is 9.97 Å². The van der Waals surface area contributed by atoms with Crippen molar-refractivity contribution in [3.63, 3.8) is 0 Å². The van der Waals surface area contributed by atoms with Gasteiger partial charge in [0.1, 0.15) is 11.5 Å². The summed E-state index contributed by atoms with van der Waals surface area (Å²) in [5.41, 5.74) is 0.941. The monoisotopic (exact) mass is 295 g/mol. The minimum Gasteiger partial charge on any atom is -0.372 e. The van der Waals surface area contributed by atoms with Gasteiger partial charge in [0.2, 0.25) is 0 Å². The average Bonchev–Trinajstić information content (AvgIpc) is 2.78. The van der Waals surface area contributed by atoms with E-state index in [-0.39, 0.29) is 0 Å². The van der Waals surface area contributed by atoms with E-state index in [2.05, 4.69) is 43.2 Å². The van der Waals surface area contributed by atoms with Gasteiger partial charge in [0.15, 0.2) is 5.82 Å². The number of rotatable bonds is 4. The van der Waals surface area contributed by atoms with Crippen LogP contribution in [0.25, 0.3) is 11.5 Å². The number of aryl methyl sites for hydroxylation is 1. The van der Waals surface area contributed by atoms with Gasteiger partial charge < -0.3 is 5.32 Å². The van der Waals surface area contributed by atoms with E-state index in [9.17, 15) is 0 Å². The van der Waals surface area contributed by atoms with E-state index in [1.54, 1.807) is 12.4 Å². The summed E-state index contributed by atoms with van der Waals surface area (Å²) < 4.78 is 2.77. The summed E-state index contributed by atoms with van der Waals surface area (Å²) in [6.45, 7) is 2.99. The van der Waals surface area contributed by atoms with Crippen molar-refractivity contribution in [1.82, 2.24) is 19.7 Å². The van der Waals surface area contributed by atoms with Crippen LogP contribution < -0.4 is 5.32 Å². The smallest absolute Gasteiger partial charge is 0.179 e. The third kappa shape index (κ3) is 2.46. The van der Waals surface area contributed by atoms with Crippen molar-refractivity contribution in [3.05, 3.63) is 22.9 Å². The quantitative estimate of drug-likeness (QED) is 0.942. The molecule has 2 rings (SSSR count). The lowest BCUT2D eigenvalue weighted by atomic mass is 10.3. The molecule has 90 valence electrons. The Kier molecular flexibility index (Phi) is 3.73. The zero-order chi connectivity index (χ0) is 12.3. The number of nitrogens with zero attached hydrogens (tertiary/aromatic N) is 4. The van der Waals surface area contributed by atoms with Gasteiger partial charge in [-0.05, 0) is 28.4 Å². The molecule has 2 aromatic rings. The van der Waals surface area contributed by atoms with Crippen LogP contribution in [0.3, 0.4) is 0 Å². The number of anilines is 1. The van der Waals surface area contributed by atoms with Crippen LogP contribution in [-0.2, 0) is 6.54 Å². The summed E-state index contributed by atoms with van der Waals surface area (Å²) in [4.78, 5) is 8.76. The molecule has 0 aromatic carbocycles. The lowest BCUT2D eigenvalue weighted by Crippen LogP contribution is -2.04. The number of nitrogens with one attached hydrogen (secondary N) is 1. The fourth-order valence-corrected chi connectivity index (χ4v) is 1.97. The topological polar surface area (TPSA) is 55.6 Å². The standard InChI is InChI=1S/C11H14BrN5/c1-3-6-17-9(4-5-15-17)11-14-7-8(12)10(13-2)16-11/h4-5,7H,3,6H2,1-2H3,(H,13,14,16). The summed E-state index contributed by atoms with van der Waals surface area (Å²) in [5.74, 6) is 1.46. The molecule has 0 saturated heterocycles. The molecule has 1 N–H and O–H groups in total. The molecule has 0 radical (unpaired) electrons. The maximum Gasteiger partial charge on any atom is 0.179 e. The van der Waals surface area contributed by atoms with Crippen LogP contribution in [0.1, 0.15) is 13.3 Å². The second-order valence-corrected chi connectivity index (χ2v) is 4.43. The Labute approximate surface area is 108 Å². The Balaban J connectivity index is 2.42. The number of hydrogen-bond donors (Lipinski definition) is 1. The molecule has 0 bridgehead atoms. The summed E-state index contributed by atoms with van der Waals surface area (Å²) in [5, 5.41) is 7.29. The Morgan fingerprint density at radius 3 is 3.00 bits per heavy atom. The predicted molar refractivity (Wildman–Crippen MR) is 70.8 cm³/mol. The molecule has 0 atom stereocenters. The zero-order valence-corrected chi connectivity index (χ0v) is 11.4. The molecule has 0 aliphatic rings. The van der Waals surface area contributed by atoms with Crippen molar-refractivity contribution in [2.75, 3.05) is 12.4 Å². The third-order valence-corrected chi connectivity index (χ3v) is 2.94. The molecule has 5 nitrogen and oxygen atoms in total. The van der Waals surface area contributed by atoms with E-state index in [1.165, 1.54) is 0 Å². The Morgan fingerprint density at radius 2 is 2.29 bits per heavy atom. The molecule has 6 heteroatoms. The number of halogens is 1. The third-order valence-electron chi connectivity index (χ3n) is 2.36. The fourth-order valence-electron chi connectivity index (χ4n) is 1.58. The SMILES string of the molecule is CCCn1nccc1-c1ncc(Br)c(NC)n1. The predicted octanol–water partition coefficient (Wildman–Crippen LogP) is 2.55. The Hall–Kier alpha value is -1.43. The first kappa shape index (κ1) is 12.0. The van der Waals surface area contributed by atoms with Crippen LogP contribution in [0, 0.1) is 0 Å². The highest BCUT2D eigenvalue weighted by Crippen LogP contribution is 2.22. The maximum atomic E-state index is 4.45. The summed E-state index contributed by atoms with van der Waals surface area (Å²) in [6, 6.07) is 1.93. The fraction of sp³-hybridized carbons (Fsp3) is 0.364. The largest absolute Gasteiger partial charge is 0.372 e. The molecule has 0 spiro atoms. The van der Waals surface area contributed by atoms with Crippen LogP contribution in [0.15, 0.2) is 22.9 Å². The minimum absolute atomic E-state index is 0.684. The number of hydrogen-bond acceptors (Lipinski definition) is 4. The van der Waals surface area contributed by atoms with E-state index >= 15 is 0 Å². The van der Waals surface area contributed by atoms with Gasteiger partial charge in [-0.2, -0.15) is 5.10 Å². The first-order valence-electron chi connectivity index (χ1n) is 5.48.